The molecule has 1 amide bonds. The maximum Gasteiger partial charge on any atom is 0.410 e. The molecule has 1 aromatic carbocycles. The third-order valence-electron chi connectivity index (χ3n) is 2.46. The molecule has 1 aliphatic rings. The monoisotopic (exact) mass is 220 g/mol. The molecule has 84 valence electrons. The third kappa shape index (κ3) is 1.98. The Morgan fingerprint density at radius 3 is 2.75 bits per heavy atom. The van der Waals surface area contributed by atoms with E-state index in [-0.39, 0.29) is 12.6 Å². The van der Waals surface area contributed by atoms with Crippen molar-refractivity contribution in [1.82, 2.24) is 4.90 Å². The summed E-state index contributed by atoms with van der Waals surface area (Å²) in [5.41, 5.74) is 0.856. The average Bonchev–Trinajstić information content (AvgIpc) is 2.61. The van der Waals surface area contributed by atoms with E-state index in [1.165, 1.54) is 0 Å². The lowest BCUT2D eigenvalue weighted by Gasteiger charge is -2.21. The summed E-state index contributed by atoms with van der Waals surface area (Å²) >= 11 is 0. The van der Waals surface area contributed by atoms with E-state index in [1.807, 2.05) is 30.3 Å². The number of hydrogen-bond acceptors (Lipinski definition) is 4. The Morgan fingerprint density at radius 1 is 1.44 bits per heavy atom. The van der Waals surface area contributed by atoms with Crippen LogP contribution in [0.15, 0.2) is 30.3 Å². The van der Waals surface area contributed by atoms with Crippen LogP contribution in [0.2, 0.25) is 0 Å². The van der Waals surface area contributed by atoms with Crippen LogP contribution in [0.1, 0.15) is 11.6 Å². The topological polar surface area (TPSA) is 69.7 Å². The zero-order chi connectivity index (χ0) is 11.5. The molecule has 16 heavy (non-hydrogen) atoms. The molecule has 5 heteroatoms. The van der Waals surface area contributed by atoms with Gasteiger partial charge >= 0.3 is 6.09 Å². The smallest absolute Gasteiger partial charge is 0.410 e. The van der Waals surface area contributed by atoms with Crippen molar-refractivity contribution in [3.63, 3.8) is 0 Å². The Balaban J connectivity index is 2.21. The standard InChI is InChI=1S/C11H11NO4/c13-10(14)6-12-9(7-16-11(12)15)8-4-2-1-3-5-8/h1-5,9H,6-7H2,(H,13,14)/p-1/t9-/m1/s1. The number of hydrogen-bond donors (Lipinski definition) is 0. The van der Waals surface area contributed by atoms with Gasteiger partial charge in [-0.1, -0.05) is 30.3 Å². The van der Waals surface area contributed by atoms with Crippen molar-refractivity contribution < 1.29 is 19.4 Å². The molecule has 1 aromatic rings. The van der Waals surface area contributed by atoms with Crippen LogP contribution in [-0.4, -0.2) is 30.1 Å². The van der Waals surface area contributed by atoms with Crippen LogP contribution < -0.4 is 5.11 Å². The first-order chi connectivity index (χ1) is 7.68. The second-order valence-corrected chi connectivity index (χ2v) is 3.50. The van der Waals surface area contributed by atoms with Crippen LogP contribution in [0.4, 0.5) is 4.79 Å². The summed E-state index contributed by atoms with van der Waals surface area (Å²) in [5, 5.41) is 10.5. The number of carboxylic acid groups (broad SMARTS) is 1. The van der Waals surface area contributed by atoms with E-state index >= 15 is 0 Å². The SMILES string of the molecule is O=C([O-])CN1C(=O)OC[C@@H]1c1ccccc1. The van der Waals surface area contributed by atoms with Crippen molar-refractivity contribution >= 4 is 12.1 Å². The fourth-order valence-electron chi connectivity index (χ4n) is 1.72. The summed E-state index contributed by atoms with van der Waals surface area (Å²) in [5.74, 6) is -1.29. The van der Waals surface area contributed by atoms with E-state index in [4.69, 9.17) is 4.74 Å². The molecule has 2 rings (SSSR count). The molecule has 1 aliphatic heterocycles. The molecule has 0 saturated carbocycles. The minimum atomic E-state index is -1.29. The number of nitrogens with zero attached hydrogens (tertiary/aromatic N) is 1. The number of rotatable bonds is 3. The van der Waals surface area contributed by atoms with Gasteiger partial charge in [-0.25, -0.2) is 4.79 Å². The summed E-state index contributed by atoms with van der Waals surface area (Å²) in [6, 6.07) is 8.82. The van der Waals surface area contributed by atoms with E-state index in [0.29, 0.717) is 0 Å². The van der Waals surface area contributed by atoms with Crippen molar-refractivity contribution in [2.24, 2.45) is 0 Å². The number of ether oxygens (including phenoxy) is 1. The molecule has 0 N–H and O–H groups in total. The molecule has 5 nitrogen and oxygen atoms in total. The van der Waals surface area contributed by atoms with Gasteiger partial charge in [0.2, 0.25) is 0 Å². The first kappa shape index (κ1) is 10.5. The van der Waals surface area contributed by atoms with Gasteiger partial charge in [-0.15, -0.1) is 0 Å². The lowest BCUT2D eigenvalue weighted by atomic mass is 10.1. The van der Waals surface area contributed by atoms with Gasteiger partial charge in [-0.2, -0.15) is 0 Å². The summed E-state index contributed by atoms with van der Waals surface area (Å²) in [6.07, 6.45) is -0.613. The van der Waals surface area contributed by atoms with Crippen LogP contribution in [0.5, 0.6) is 0 Å². The van der Waals surface area contributed by atoms with Crippen molar-refractivity contribution in [1.29, 1.82) is 0 Å². The number of cyclic esters (lactones) is 1. The van der Waals surface area contributed by atoms with E-state index in [1.54, 1.807) is 0 Å². The Morgan fingerprint density at radius 2 is 2.12 bits per heavy atom. The molecule has 1 saturated heterocycles. The normalized spacial score (nSPS) is 19.6. The molecule has 0 unspecified atom stereocenters. The first-order valence-electron chi connectivity index (χ1n) is 4.86. The van der Waals surface area contributed by atoms with Gasteiger partial charge in [-0.05, 0) is 5.56 Å². The summed E-state index contributed by atoms with van der Waals surface area (Å²) in [4.78, 5) is 23.0. The molecule has 0 aromatic heterocycles. The van der Waals surface area contributed by atoms with E-state index in [0.717, 1.165) is 10.5 Å². The molecule has 1 heterocycles. The number of aliphatic carboxylic acids is 1. The Labute approximate surface area is 92.2 Å². The zero-order valence-electron chi connectivity index (χ0n) is 8.46. The summed E-state index contributed by atoms with van der Waals surface area (Å²) in [6.45, 7) is -0.269. The highest BCUT2D eigenvalue weighted by Gasteiger charge is 2.33. The van der Waals surface area contributed by atoms with E-state index < -0.39 is 18.6 Å². The molecule has 0 spiro atoms. The Kier molecular flexibility index (Phi) is 2.76. The summed E-state index contributed by atoms with van der Waals surface area (Å²) in [7, 11) is 0. The average molecular weight is 220 g/mol. The number of carbonyl (C=O) groups excluding carboxylic acids is 2. The van der Waals surface area contributed by atoms with Gasteiger partial charge in [0.1, 0.15) is 6.61 Å². The fraction of sp³-hybridized carbons (Fsp3) is 0.273. The van der Waals surface area contributed by atoms with Crippen LogP contribution in [-0.2, 0) is 9.53 Å². The number of carbonyl (C=O) groups is 2. The molecule has 1 fully saturated rings. The van der Waals surface area contributed by atoms with Crippen molar-refractivity contribution in [3.8, 4) is 0 Å². The summed E-state index contributed by atoms with van der Waals surface area (Å²) < 4.78 is 4.83. The molecular weight excluding hydrogens is 210 g/mol. The van der Waals surface area contributed by atoms with Gasteiger partial charge in [0.25, 0.3) is 0 Å². The number of amides is 1. The quantitative estimate of drug-likeness (QED) is 0.715. The van der Waals surface area contributed by atoms with Crippen molar-refractivity contribution in [2.45, 2.75) is 6.04 Å². The maximum absolute atomic E-state index is 11.3. The lowest BCUT2D eigenvalue weighted by molar-refractivity contribution is -0.305. The molecule has 0 radical (unpaired) electrons. The largest absolute Gasteiger partial charge is 0.548 e. The first-order valence-corrected chi connectivity index (χ1v) is 4.86. The highest BCUT2D eigenvalue weighted by Crippen LogP contribution is 2.26. The predicted molar refractivity (Wildman–Crippen MR) is 52.2 cm³/mol. The van der Waals surface area contributed by atoms with Crippen LogP contribution in [0, 0.1) is 0 Å². The minimum absolute atomic E-state index is 0.177. The van der Waals surface area contributed by atoms with Crippen LogP contribution >= 0.6 is 0 Å². The molecule has 0 bridgehead atoms. The highest BCUT2D eigenvalue weighted by atomic mass is 16.6. The van der Waals surface area contributed by atoms with Gasteiger partial charge in [-0.3, -0.25) is 4.90 Å². The lowest BCUT2D eigenvalue weighted by Crippen LogP contribution is -2.39. The minimum Gasteiger partial charge on any atom is -0.548 e. The Hall–Kier alpha value is -2.04. The molecule has 1 atom stereocenters. The number of carboxylic acids is 1. The van der Waals surface area contributed by atoms with Crippen LogP contribution in [0.3, 0.4) is 0 Å². The van der Waals surface area contributed by atoms with Crippen LogP contribution in [0.25, 0.3) is 0 Å². The molecule has 0 aliphatic carbocycles. The highest BCUT2D eigenvalue weighted by molar-refractivity contribution is 5.77. The predicted octanol–water partition coefficient (Wildman–Crippen LogP) is -0.0702. The van der Waals surface area contributed by atoms with Crippen molar-refractivity contribution in [3.05, 3.63) is 35.9 Å². The van der Waals surface area contributed by atoms with Crippen molar-refractivity contribution in [2.75, 3.05) is 13.2 Å². The maximum atomic E-state index is 11.3. The second kappa shape index (κ2) is 4.22. The van der Waals surface area contributed by atoms with Gasteiger partial charge in [0.15, 0.2) is 0 Å². The van der Waals surface area contributed by atoms with E-state index in [9.17, 15) is 14.7 Å². The fourth-order valence-corrected chi connectivity index (χ4v) is 1.72. The Bertz CT molecular complexity index is 404. The van der Waals surface area contributed by atoms with Gasteiger partial charge < -0.3 is 14.6 Å². The zero-order valence-corrected chi connectivity index (χ0v) is 8.46. The van der Waals surface area contributed by atoms with Gasteiger partial charge in [0.05, 0.1) is 18.6 Å². The van der Waals surface area contributed by atoms with Gasteiger partial charge in [0, 0.05) is 0 Å². The second-order valence-electron chi connectivity index (χ2n) is 3.50. The number of benzene rings is 1. The third-order valence-corrected chi connectivity index (χ3v) is 2.46. The molecular formula is C11H10NO4-. The van der Waals surface area contributed by atoms with E-state index in [2.05, 4.69) is 0 Å².